The second-order valence-electron chi connectivity index (χ2n) is 6.57. The van der Waals surface area contributed by atoms with Crippen LogP contribution in [0.1, 0.15) is 26.2 Å². The molecule has 2 fully saturated rings. The quantitative estimate of drug-likeness (QED) is 0.896. The minimum atomic E-state index is -0.255. The van der Waals surface area contributed by atoms with Crippen LogP contribution >= 0.6 is 23.2 Å². The number of halogens is 2. The minimum absolute atomic E-state index is 0.119. The number of hydrogen-bond acceptors (Lipinski definition) is 2. The van der Waals surface area contributed by atoms with E-state index in [1.807, 2.05) is 4.90 Å². The van der Waals surface area contributed by atoms with Gasteiger partial charge in [-0.05, 0) is 37.3 Å². The second-order valence-corrected chi connectivity index (χ2v) is 7.36. The molecular formula is C17H20Cl2N2O2. The molecule has 1 N–H and O–H groups in total. The Labute approximate surface area is 146 Å². The first-order valence-corrected chi connectivity index (χ1v) is 8.76. The van der Waals surface area contributed by atoms with Crippen molar-refractivity contribution in [3.05, 3.63) is 28.2 Å². The molecule has 1 heterocycles. The maximum atomic E-state index is 12.5. The highest BCUT2D eigenvalue weighted by Crippen LogP contribution is 2.42. The van der Waals surface area contributed by atoms with Crippen molar-refractivity contribution in [1.82, 2.24) is 4.90 Å². The molecule has 1 aliphatic carbocycles. The lowest BCUT2D eigenvalue weighted by molar-refractivity contribution is -0.135. The fraction of sp³-hybridized carbons (Fsp3) is 0.529. The zero-order valence-electron chi connectivity index (χ0n) is 13.0. The fourth-order valence-electron chi connectivity index (χ4n) is 3.21. The Kier molecular flexibility index (Phi) is 4.83. The van der Waals surface area contributed by atoms with Gasteiger partial charge in [0.05, 0.1) is 27.6 Å². The summed E-state index contributed by atoms with van der Waals surface area (Å²) >= 11 is 12.0. The predicted octanol–water partition coefficient (Wildman–Crippen LogP) is 3.83. The second kappa shape index (κ2) is 6.70. The third kappa shape index (κ3) is 3.64. The van der Waals surface area contributed by atoms with Gasteiger partial charge in [-0.3, -0.25) is 9.59 Å². The van der Waals surface area contributed by atoms with E-state index in [0.717, 1.165) is 19.5 Å². The first-order chi connectivity index (χ1) is 11.0. The van der Waals surface area contributed by atoms with Crippen molar-refractivity contribution < 1.29 is 9.59 Å². The zero-order valence-corrected chi connectivity index (χ0v) is 14.5. The molecule has 23 heavy (non-hydrogen) atoms. The molecule has 2 aliphatic rings. The average molecular weight is 355 g/mol. The molecule has 0 aromatic heterocycles. The Bertz CT molecular complexity index is 635. The van der Waals surface area contributed by atoms with E-state index in [1.165, 1.54) is 6.42 Å². The maximum Gasteiger partial charge on any atom is 0.228 e. The number of nitrogens with zero attached hydrogens (tertiary/aromatic N) is 1. The van der Waals surface area contributed by atoms with E-state index in [0.29, 0.717) is 28.1 Å². The van der Waals surface area contributed by atoms with Crippen LogP contribution in [0.15, 0.2) is 18.2 Å². The summed E-state index contributed by atoms with van der Waals surface area (Å²) in [7, 11) is 0. The molecule has 3 unspecified atom stereocenters. The van der Waals surface area contributed by atoms with Gasteiger partial charge in [-0.25, -0.2) is 0 Å². The van der Waals surface area contributed by atoms with Crippen molar-refractivity contribution >= 4 is 40.7 Å². The third-order valence-corrected chi connectivity index (χ3v) is 5.44. The smallest absolute Gasteiger partial charge is 0.228 e. The Morgan fingerprint density at radius 1 is 1.26 bits per heavy atom. The van der Waals surface area contributed by atoms with Gasteiger partial charge in [-0.15, -0.1) is 0 Å². The number of hydrogen-bond donors (Lipinski definition) is 1. The number of amides is 2. The van der Waals surface area contributed by atoms with Gasteiger partial charge >= 0.3 is 0 Å². The molecule has 6 heteroatoms. The zero-order chi connectivity index (χ0) is 16.6. The molecule has 1 saturated heterocycles. The van der Waals surface area contributed by atoms with Crippen LogP contribution in [0, 0.1) is 17.8 Å². The van der Waals surface area contributed by atoms with Crippen molar-refractivity contribution in [3.63, 3.8) is 0 Å². The Balaban J connectivity index is 1.58. The largest absolute Gasteiger partial charge is 0.342 e. The Hall–Kier alpha value is -1.26. The van der Waals surface area contributed by atoms with E-state index < -0.39 is 0 Å². The van der Waals surface area contributed by atoms with Gasteiger partial charge in [-0.2, -0.15) is 0 Å². The normalized spacial score (nSPS) is 26.7. The lowest BCUT2D eigenvalue weighted by atomic mass is 10.00. The molecule has 2 amide bonds. The van der Waals surface area contributed by atoms with E-state index in [2.05, 4.69) is 12.2 Å². The molecular weight excluding hydrogens is 335 g/mol. The highest BCUT2D eigenvalue weighted by atomic mass is 35.5. The van der Waals surface area contributed by atoms with E-state index in [4.69, 9.17) is 23.2 Å². The van der Waals surface area contributed by atoms with Crippen LogP contribution in [-0.2, 0) is 9.59 Å². The van der Waals surface area contributed by atoms with Gasteiger partial charge in [0.1, 0.15) is 0 Å². The van der Waals surface area contributed by atoms with Gasteiger partial charge < -0.3 is 10.2 Å². The van der Waals surface area contributed by atoms with Gasteiger partial charge in [0, 0.05) is 13.1 Å². The number of carbonyl (C=O) groups excluding carboxylic acids is 2. The number of likely N-dealkylation sites (tertiary alicyclic amines) is 1. The van der Waals surface area contributed by atoms with Gasteiger partial charge in [-0.1, -0.05) is 36.2 Å². The summed E-state index contributed by atoms with van der Waals surface area (Å²) < 4.78 is 0. The van der Waals surface area contributed by atoms with E-state index in [1.54, 1.807) is 18.2 Å². The van der Waals surface area contributed by atoms with Crippen molar-refractivity contribution in [2.24, 2.45) is 17.8 Å². The Morgan fingerprint density at radius 3 is 2.78 bits per heavy atom. The van der Waals surface area contributed by atoms with E-state index >= 15 is 0 Å². The number of benzene rings is 1. The van der Waals surface area contributed by atoms with Gasteiger partial charge in [0.25, 0.3) is 0 Å². The molecule has 0 spiro atoms. The topological polar surface area (TPSA) is 49.4 Å². The molecule has 1 aromatic rings. The number of nitrogens with one attached hydrogen (secondary N) is 1. The van der Waals surface area contributed by atoms with Crippen LogP contribution in [0.4, 0.5) is 5.69 Å². The summed E-state index contributed by atoms with van der Waals surface area (Å²) in [5.41, 5.74) is 0.494. The van der Waals surface area contributed by atoms with Crippen LogP contribution in [0.25, 0.3) is 0 Å². The lowest BCUT2D eigenvalue weighted by Gasteiger charge is -2.31. The van der Waals surface area contributed by atoms with E-state index in [9.17, 15) is 9.59 Å². The lowest BCUT2D eigenvalue weighted by Crippen LogP contribution is -2.40. The number of piperidine rings is 1. The predicted molar refractivity (Wildman–Crippen MR) is 91.7 cm³/mol. The molecule has 1 saturated carbocycles. The summed E-state index contributed by atoms with van der Waals surface area (Å²) in [4.78, 5) is 26.7. The van der Waals surface area contributed by atoms with Crippen molar-refractivity contribution in [2.45, 2.75) is 26.2 Å². The monoisotopic (exact) mass is 354 g/mol. The van der Waals surface area contributed by atoms with Crippen LogP contribution in [0.3, 0.4) is 0 Å². The SMILES string of the molecule is CC1CCCN(C(=O)C2CC2C(=O)Nc2cccc(Cl)c2Cl)C1. The highest BCUT2D eigenvalue weighted by molar-refractivity contribution is 6.44. The van der Waals surface area contributed by atoms with Crippen LogP contribution in [0.5, 0.6) is 0 Å². The van der Waals surface area contributed by atoms with E-state index in [-0.39, 0.29) is 23.7 Å². The molecule has 0 radical (unpaired) electrons. The summed E-state index contributed by atoms with van der Waals surface area (Å²) in [6.07, 6.45) is 2.84. The molecule has 0 bridgehead atoms. The molecule has 3 atom stereocenters. The molecule has 4 nitrogen and oxygen atoms in total. The fourth-order valence-corrected chi connectivity index (χ4v) is 3.56. The van der Waals surface area contributed by atoms with Gasteiger partial charge in [0.2, 0.25) is 11.8 Å². The Morgan fingerprint density at radius 2 is 2.04 bits per heavy atom. The number of carbonyl (C=O) groups is 2. The summed E-state index contributed by atoms with van der Waals surface area (Å²) in [6.45, 7) is 3.79. The third-order valence-electron chi connectivity index (χ3n) is 4.62. The number of rotatable bonds is 3. The van der Waals surface area contributed by atoms with Crippen molar-refractivity contribution in [1.29, 1.82) is 0 Å². The van der Waals surface area contributed by atoms with Crippen molar-refractivity contribution in [3.8, 4) is 0 Å². The standard InChI is InChI=1S/C17H20Cl2N2O2/c1-10-4-3-7-21(9-10)17(23)12-8-11(12)16(22)20-14-6-2-5-13(18)15(14)19/h2,5-6,10-12H,3-4,7-9H2,1H3,(H,20,22). The molecule has 1 aromatic carbocycles. The molecule has 124 valence electrons. The summed E-state index contributed by atoms with van der Waals surface area (Å²) in [5.74, 6) is 0.0727. The number of anilines is 1. The van der Waals surface area contributed by atoms with Gasteiger partial charge in [0.15, 0.2) is 0 Å². The van der Waals surface area contributed by atoms with Crippen molar-refractivity contribution in [2.75, 3.05) is 18.4 Å². The maximum absolute atomic E-state index is 12.5. The average Bonchev–Trinajstić information content (AvgIpc) is 3.32. The highest BCUT2D eigenvalue weighted by Gasteiger charge is 2.49. The summed E-state index contributed by atoms with van der Waals surface area (Å²) in [6, 6.07) is 5.10. The van der Waals surface area contributed by atoms with Crippen LogP contribution < -0.4 is 5.32 Å². The van der Waals surface area contributed by atoms with Crippen LogP contribution in [-0.4, -0.2) is 29.8 Å². The molecule has 3 rings (SSSR count). The molecule has 1 aliphatic heterocycles. The summed E-state index contributed by atoms with van der Waals surface area (Å²) in [5, 5.41) is 3.51. The van der Waals surface area contributed by atoms with Crippen LogP contribution in [0.2, 0.25) is 10.0 Å². The minimum Gasteiger partial charge on any atom is -0.342 e. The first-order valence-electron chi connectivity index (χ1n) is 8.01. The first kappa shape index (κ1) is 16.6.